The van der Waals surface area contributed by atoms with Gasteiger partial charge < -0.3 is 10.1 Å². The summed E-state index contributed by atoms with van der Waals surface area (Å²) in [5.41, 5.74) is 2.16. The number of hydrogen-bond donors (Lipinski definition) is 1. The summed E-state index contributed by atoms with van der Waals surface area (Å²) in [6.07, 6.45) is 2.83. The van der Waals surface area contributed by atoms with E-state index in [1.165, 1.54) is 0 Å². The van der Waals surface area contributed by atoms with E-state index >= 15 is 0 Å². The lowest BCUT2D eigenvalue weighted by atomic mass is 10.1. The minimum Gasteiger partial charge on any atom is -0.469 e. The summed E-state index contributed by atoms with van der Waals surface area (Å²) in [4.78, 5) is 4.33. The van der Waals surface area contributed by atoms with Gasteiger partial charge in [0.1, 0.15) is 11.1 Å². The zero-order chi connectivity index (χ0) is 15.1. The quantitative estimate of drug-likeness (QED) is 0.771. The van der Waals surface area contributed by atoms with Gasteiger partial charge in [0.25, 0.3) is 0 Å². The maximum Gasteiger partial charge on any atom is 0.233 e. The maximum absolute atomic E-state index is 6.26. The zero-order valence-corrected chi connectivity index (χ0v) is 13.2. The maximum atomic E-state index is 6.26. The number of benzene rings is 1. The fourth-order valence-corrected chi connectivity index (χ4v) is 2.25. The second kappa shape index (κ2) is 8.01. The SMILES string of the molecule is CCCNCc1cnc(OC(C)c2ccccc2)c(Cl)c1. The topological polar surface area (TPSA) is 34.2 Å². The standard InChI is InChI=1S/C17H21ClN2O/c1-3-9-19-11-14-10-16(18)17(20-12-14)21-13(2)15-7-5-4-6-8-15/h4-8,10,12-13,19H,3,9,11H2,1-2H3. The Morgan fingerprint density at radius 3 is 2.71 bits per heavy atom. The highest BCUT2D eigenvalue weighted by Gasteiger charge is 2.11. The first-order valence-electron chi connectivity index (χ1n) is 7.27. The van der Waals surface area contributed by atoms with Gasteiger partial charge in [0, 0.05) is 12.7 Å². The van der Waals surface area contributed by atoms with Crippen LogP contribution in [-0.4, -0.2) is 11.5 Å². The van der Waals surface area contributed by atoms with Crippen molar-refractivity contribution in [1.29, 1.82) is 0 Å². The fourth-order valence-electron chi connectivity index (χ4n) is 2.02. The number of nitrogens with one attached hydrogen (secondary N) is 1. The minimum absolute atomic E-state index is 0.0831. The lowest BCUT2D eigenvalue weighted by Gasteiger charge is -2.15. The summed E-state index contributed by atoms with van der Waals surface area (Å²) >= 11 is 6.26. The van der Waals surface area contributed by atoms with Crippen molar-refractivity contribution in [2.24, 2.45) is 0 Å². The van der Waals surface area contributed by atoms with Crippen LogP contribution in [0.15, 0.2) is 42.6 Å². The van der Waals surface area contributed by atoms with Gasteiger partial charge >= 0.3 is 0 Å². The molecule has 1 N–H and O–H groups in total. The molecule has 0 saturated heterocycles. The molecule has 0 amide bonds. The molecular weight excluding hydrogens is 284 g/mol. The molecule has 0 radical (unpaired) electrons. The number of nitrogens with zero attached hydrogens (tertiary/aromatic N) is 1. The zero-order valence-electron chi connectivity index (χ0n) is 12.5. The van der Waals surface area contributed by atoms with E-state index < -0.39 is 0 Å². The van der Waals surface area contributed by atoms with E-state index in [1.807, 2.05) is 49.5 Å². The Morgan fingerprint density at radius 2 is 2.05 bits per heavy atom. The first-order chi connectivity index (χ1) is 10.2. The Hall–Kier alpha value is -1.58. The van der Waals surface area contributed by atoms with Crippen LogP contribution in [-0.2, 0) is 6.54 Å². The molecule has 1 unspecified atom stereocenters. The third-order valence-corrected chi connectivity index (χ3v) is 3.45. The highest BCUT2D eigenvalue weighted by Crippen LogP contribution is 2.27. The number of rotatable bonds is 7. The van der Waals surface area contributed by atoms with Gasteiger partial charge in [-0.15, -0.1) is 0 Å². The predicted octanol–water partition coefficient (Wildman–Crippen LogP) is 4.37. The molecule has 0 saturated carbocycles. The molecule has 1 aromatic carbocycles. The van der Waals surface area contributed by atoms with Gasteiger partial charge in [-0.1, -0.05) is 48.9 Å². The van der Waals surface area contributed by atoms with Crippen molar-refractivity contribution in [3.63, 3.8) is 0 Å². The summed E-state index contributed by atoms with van der Waals surface area (Å²) in [5.74, 6) is 0.479. The molecule has 1 aromatic heterocycles. The molecule has 112 valence electrons. The van der Waals surface area contributed by atoms with Crippen molar-refractivity contribution in [3.8, 4) is 5.88 Å². The highest BCUT2D eigenvalue weighted by atomic mass is 35.5. The van der Waals surface area contributed by atoms with Crippen molar-refractivity contribution in [2.75, 3.05) is 6.54 Å². The van der Waals surface area contributed by atoms with Crippen molar-refractivity contribution in [1.82, 2.24) is 10.3 Å². The monoisotopic (exact) mass is 304 g/mol. The Kier molecular flexibility index (Phi) is 6.03. The first kappa shape index (κ1) is 15.8. The molecule has 0 aliphatic carbocycles. The normalized spacial score (nSPS) is 12.1. The van der Waals surface area contributed by atoms with Crippen LogP contribution < -0.4 is 10.1 Å². The second-order valence-electron chi connectivity index (χ2n) is 4.98. The molecule has 21 heavy (non-hydrogen) atoms. The van der Waals surface area contributed by atoms with Crippen molar-refractivity contribution in [2.45, 2.75) is 32.9 Å². The highest BCUT2D eigenvalue weighted by molar-refractivity contribution is 6.31. The van der Waals surface area contributed by atoms with E-state index in [9.17, 15) is 0 Å². The van der Waals surface area contributed by atoms with Crippen molar-refractivity contribution < 1.29 is 4.74 Å². The van der Waals surface area contributed by atoms with Crippen LogP contribution in [0.1, 0.15) is 37.5 Å². The van der Waals surface area contributed by atoms with E-state index in [0.717, 1.165) is 30.6 Å². The molecule has 0 fully saturated rings. The lowest BCUT2D eigenvalue weighted by molar-refractivity contribution is 0.217. The first-order valence-corrected chi connectivity index (χ1v) is 7.65. The Balaban J connectivity index is 2.00. The molecular formula is C17H21ClN2O. The molecule has 4 heteroatoms. The molecule has 0 aliphatic rings. The van der Waals surface area contributed by atoms with Crippen molar-refractivity contribution in [3.05, 3.63) is 58.7 Å². The van der Waals surface area contributed by atoms with E-state index in [4.69, 9.17) is 16.3 Å². The molecule has 2 rings (SSSR count). The van der Waals surface area contributed by atoms with Gasteiger partial charge in [-0.05, 0) is 37.1 Å². The third kappa shape index (κ3) is 4.73. The summed E-state index contributed by atoms with van der Waals surface area (Å²) in [6, 6.07) is 11.9. The average Bonchev–Trinajstić information content (AvgIpc) is 2.51. The van der Waals surface area contributed by atoms with Crippen LogP contribution in [0.4, 0.5) is 0 Å². The van der Waals surface area contributed by atoms with E-state index in [1.54, 1.807) is 0 Å². The van der Waals surface area contributed by atoms with Crippen LogP contribution in [0.2, 0.25) is 5.02 Å². The summed E-state index contributed by atoms with van der Waals surface area (Å²) in [7, 11) is 0. The molecule has 0 spiro atoms. The van der Waals surface area contributed by atoms with E-state index in [0.29, 0.717) is 10.9 Å². The van der Waals surface area contributed by atoms with Crippen LogP contribution >= 0.6 is 11.6 Å². The molecule has 1 atom stereocenters. The number of halogens is 1. The minimum atomic E-state index is -0.0831. The Morgan fingerprint density at radius 1 is 1.29 bits per heavy atom. The fraction of sp³-hybridized carbons (Fsp3) is 0.353. The van der Waals surface area contributed by atoms with E-state index in [2.05, 4.69) is 17.2 Å². The second-order valence-corrected chi connectivity index (χ2v) is 5.39. The van der Waals surface area contributed by atoms with Gasteiger partial charge in [0.15, 0.2) is 0 Å². The van der Waals surface area contributed by atoms with Crippen LogP contribution in [0.5, 0.6) is 5.88 Å². The number of pyridine rings is 1. The van der Waals surface area contributed by atoms with Gasteiger partial charge in [0.2, 0.25) is 5.88 Å². The molecule has 0 aliphatic heterocycles. The largest absolute Gasteiger partial charge is 0.469 e. The number of hydrogen-bond acceptors (Lipinski definition) is 3. The summed E-state index contributed by atoms with van der Waals surface area (Å²) in [5, 5.41) is 3.87. The van der Waals surface area contributed by atoms with Gasteiger partial charge in [-0.2, -0.15) is 0 Å². The molecule has 3 nitrogen and oxygen atoms in total. The summed E-state index contributed by atoms with van der Waals surface area (Å²) in [6.45, 7) is 5.89. The Bertz CT molecular complexity index is 560. The Labute approximate surface area is 131 Å². The van der Waals surface area contributed by atoms with Gasteiger partial charge in [-0.3, -0.25) is 0 Å². The molecule has 2 aromatic rings. The predicted molar refractivity (Wildman–Crippen MR) is 86.7 cm³/mol. The molecule has 0 bridgehead atoms. The van der Waals surface area contributed by atoms with Crippen LogP contribution in [0.25, 0.3) is 0 Å². The van der Waals surface area contributed by atoms with Gasteiger partial charge in [0.05, 0.1) is 0 Å². The van der Waals surface area contributed by atoms with Gasteiger partial charge in [-0.25, -0.2) is 4.98 Å². The van der Waals surface area contributed by atoms with Crippen molar-refractivity contribution >= 4 is 11.6 Å². The van der Waals surface area contributed by atoms with Crippen LogP contribution in [0, 0.1) is 0 Å². The number of aromatic nitrogens is 1. The average molecular weight is 305 g/mol. The van der Waals surface area contributed by atoms with E-state index in [-0.39, 0.29) is 6.10 Å². The smallest absolute Gasteiger partial charge is 0.233 e. The number of ether oxygens (including phenoxy) is 1. The molecule has 1 heterocycles. The van der Waals surface area contributed by atoms with Crippen LogP contribution in [0.3, 0.4) is 0 Å². The third-order valence-electron chi connectivity index (χ3n) is 3.18. The summed E-state index contributed by atoms with van der Waals surface area (Å²) < 4.78 is 5.85. The lowest BCUT2D eigenvalue weighted by Crippen LogP contribution is -2.14.